The van der Waals surface area contributed by atoms with E-state index in [1.807, 2.05) is 11.9 Å². The van der Waals surface area contributed by atoms with Crippen molar-refractivity contribution in [2.45, 2.75) is 18.9 Å². The van der Waals surface area contributed by atoms with Crippen LogP contribution in [0.1, 0.15) is 12.8 Å². The molecule has 0 heterocycles. The molecular weight excluding hydrogens is 247 g/mol. The van der Waals surface area contributed by atoms with Crippen LogP contribution < -0.4 is 10.1 Å². The molecule has 1 amide bonds. The highest BCUT2D eigenvalue weighted by Crippen LogP contribution is 2.18. The molecule has 0 saturated heterocycles. The second-order valence-electron chi connectivity index (χ2n) is 4.86. The van der Waals surface area contributed by atoms with Crippen molar-refractivity contribution in [3.05, 3.63) is 30.1 Å². The zero-order chi connectivity index (χ0) is 13.7. The van der Waals surface area contributed by atoms with Crippen LogP contribution in [0.4, 0.5) is 4.39 Å². The lowest BCUT2D eigenvalue weighted by Gasteiger charge is -2.16. The zero-order valence-electron chi connectivity index (χ0n) is 11.1. The monoisotopic (exact) mass is 266 g/mol. The lowest BCUT2D eigenvalue weighted by Crippen LogP contribution is -2.37. The summed E-state index contributed by atoms with van der Waals surface area (Å²) in [5, 5.41) is 2.92. The number of carbonyl (C=O) groups is 1. The molecule has 1 aliphatic rings. The maximum atomic E-state index is 13.3. The summed E-state index contributed by atoms with van der Waals surface area (Å²) in [4.78, 5) is 13.4. The van der Waals surface area contributed by atoms with E-state index in [1.165, 1.54) is 6.07 Å². The van der Waals surface area contributed by atoms with Gasteiger partial charge in [-0.1, -0.05) is 12.1 Å². The van der Waals surface area contributed by atoms with Crippen molar-refractivity contribution in [3.63, 3.8) is 0 Å². The molecular formula is C14H19FN2O2. The van der Waals surface area contributed by atoms with Crippen LogP contribution in [0.3, 0.4) is 0 Å². The summed E-state index contributed by atoms with van der Waals surface area (Å²) in [6.07, 6.45) is 2.18. The first-order valence-electron chi connectivity index (χ1n) is 6.50. The number of nitrogens with one attached hydrogen (secondary N) is 1. The molecule has 1 aromatic carbocycles. The van der Waals surface area contributed by atoms with Crippen molar-refractivity contribution in [2.24, 2.45) is 0 Å². The van der Waals surface area contributed by atoms with Gasteiger partial charge in [-0.2, -0.15) is 0 Å². The first-order valence-corrected chi connectivity index (χ1v) is 6.50. The molecule has 0 spiro atoms. The number of ether oxygens (including phenoxy) is 1. The van der Waals surface area contributed by atoms with Crippen LogP contribution in [-0.4, -0.2) is 43.6 Å². The molecule has 104 valence electrons. The molecule has 0 unspecified atom stereocenters. The first kappa shape index (κ1) is 13.8. The number of likely N-dealkylation sites (N-methyl/N-ethyl adjacent to an activating group) is 1. The van der Waals surface area contributed by atoms with E-state index >= 15 is 0 Å². The van der Waals surface area contributed by atoms with Gasteiger partial charge in [-0.25, -0.2) is 4.39 Å². The predicted molar refractivity (Wildman–Crippen MR) is 70.6 cm³/mol. The van der Waals surface area contributed by atoms with Gasteiger partial charge in [0.1, 0.15) is 6.61 Å². The standard InChI is InChI=1S/C14H19FN2O2/c1-17(10-14(18)16-11-6-7-11)8-9-19-13-5-3-2-4-12(13)15/h2-5,11H,6-10H2,1H3,(H,16,18). The number of rotatable bonds is 7. The Hall–Kier alpha value is -1.62. The molecule has 19 heavy (non-hydrogen) atoms. The van der Waals surface area contributed by atoms with Crippen molar-refractivity contribution in [1.29, 1.82) is 0 Å². The summed E-state index contributed by atoms with van der Waals surface area (Å²) in [6.45, 7) is 1.28. The Kier molecular flexibility index (Phi) is 4.74. The van der Waals surface area contributed by atoms with Crippen molar-refractivity contribution in [2.75, 3.05) is 26.7 Å². The SMILES string of the molecule is CN(CCOc1ccccc1F)CC(=O)NC1CC1. The van der Waals surface area contributed by atoms with Crippen molar-refractivity contribution < 1.29 is 13.9 Å². The van der Waals surface area contributed by atoms with E-state index in [2.05, 4.69) is 5.32 Å². The molecule has 1 saturated carbocycles. The molecule has 0 atom stereocenters. The predicted octanol–water partition coefficient (Wildman–Crippen LogP) is 1.41. The lowest BCUT2D eigenvalue weighted by atomic mass is 10.3. The van der Waals surface area contributed by atoms with E-state index < -0.39 is 0 Å². The average molecular weight is 266 g/mol. The van der Waals surface area contributed by atoms with Crippen LogP contribution in [0.15, 0.2) is 24.3 Å². The fourth-order valence-corrected chi connectivity index (χ4v) is 1.70. The van der Waals surface area contributed by atoms with Crippen LogP contribution in [0.2, 0.25) is 0 Å². The van der Waals surface area contributed by atoms with Gasteiger partial charge in [0.15, 0.2) is 11.6 Å². The van der Waals surface area contributed by atoms with Crippen LogP contribution in [-0.2, 0) is 4.79 Å². The van der Waals surface area contributed by atoms with E-state index in [9.17, 15) is 9.18 Å². The van der Waals surface area contributed by atoms with Gasteiger partial charge >= 0.3 is 0 Å². The minimum absolute atomic E-state index is 0.0379. The molecule has 5 heteroatoms. The quantitative estimate of drug-likeness (QED) is 0.811. The Morgan fingerprint density at radius 1 is 1.47 bits per heavy atom. The molecule has 4 nitrogen and oxygen atoms in total. The Morgan fingerprint density at radius 2 is 2.21 bits per heavy atom. The summed E-state index contributed by atoms with van der Waals surface area (Å²) in [5.74, 6) is -0.0779. The van der Waals surface area contributed by atoms with Gasteiger partial charge < -0.3 is 10.1 Å². The third-order valence-corrected chi connectivity index (χ3v) is 2.92. The lowest BCUT2D eigenvalue weighted by molar-refractivity contribution is -0.122. The first-order chi connectivity index (χ1) is 9.15. The fourth-order valence-electron chi connectivity index (χ4n) is 1.70. The number of benzene rings is 1. The second kappa shape index (κ2) is 6.52. The highest BCUT2D eigenvalue weighted by atomic mass is 19.1. The van der Waals surface area contributed by atoms with Gasteiger partial charge in [-0.05, 0) is 32.0 Å². The number of para-hydroxylation sites is 1. The summed E-state index contributed by atoms with van der Waals surface area (Å²) in [6, 6.07) is 6.69. The van der Waals surface area contributed by atoms with Crippen LogP contribution in [0.5, 0.6) is 5.75 Å². The number of amides is 1. The van der Waals surface area contributed by atoms with E-state index in [0.717, 1.165) is 12.8 Å². The van der Waals surface area contributed by atoms with Gasteiger partial charge in [-0.15, -0.1) is 0 Å². The molecule has 1 fully saturated rings. The topological polar surface area (TPSA) is 41.6 Å². The minimum Gasteiger partial charge on any atom is -0.489 e. The Morgan fingerprint density at radius 3 is 2.89 bits per heavy atom. The molecule has 1 aromatic rings. The highest BCUT2D eigenvalue weighted by molar-refractivity contribution is 5.78. The van der Waals surface area contributed by atoms with Gasteiger partial charge in [0.05, 0.1) is 6.54 Å². The van der Waals surface area contributed by atoms with Crippen molar-refractivity contribution >= 4 is 5.91 Å². The molecule has 1 N–H and O–H groups in total. The maximum absolute atomic E-state index is 13.3. The third-order valence-electron chi connectivity index (χ3n) is 2.92. The normalized spacial score (nSPS) is 14.5. The molecule has 0 radical (unpaired) electrons. The smallest absolute Gasteiger partial charge is 0.234 e. The maximum Gasteiger partial charge on any atom is 0.234 e. The van der Waals surface area contributed by atoms with E-state index in [1.54, 1.807) is 18.2 Å². The molecule has 2 rings (SSSR count). The van der Waals surface area contributed by atoms with Crippen molar-refractivity contribution in [1.82, 2.24) is 10.2 Å². The largest absolute Gasteiger partial charge is 0.489 e. The van der Waals surface area contributed by atoms with Crippen LogP contribution in [0.25, 0.3) is 0 Å². The minimum atomic E-state index is -0.364. The number of nitrogens with zero attached hydrogens (tertiary/aromatic N) is 1. The van der Waals surface area contributed by atoms with Crippen molar-refractivity contribution in [3.8, 4) is 5.75 Å². The molecule has 0 aliphatic heterocycles. The number of halogens is 1. The third kappa shape index (κ3) is 4.87. The zero-order valence-corrected chi connectivity index (χ0v) is 11.1. The molecule has 0 aromatic heterocycles. The van der Waals surface area contributed by atoms with Gasteiger partial charge in [0, 0.05) is 12.6 Å². The Bertz CT molecular complexity index is 435. The summed E-state index contributed by atoms with van der Waals surface area (Å²) >= 11 is 0. The number of carbonyl (C=O) groups excluding carboxylic acids is 1. The number of hydrogen-bond donors (Lipinski definition) is 1. The molecule has 1 aliphatic carbocycles. The van der Waals surface area contributed by atoms with E-state index in [-0.39, 0.29) is 17.5 Å². The Labute approximate surface area is 112 Å². The van der Waals surface area contributed by atoms with Gasteiger partial charge in [0.2, 0.25) is 5.91 Å². The van der Waals surface area contributed by atoms with E-state index in [4.69, 9.17) is 4.74 Å². The van der Waals surface area contributed by atoms with Crippen LogP contribution >= 0.6 is 0 Å². The van der Waals surface area contributed by atoms with Gasteiger partial charge in [0.25, 0.3) is 0 Å². The fraction of sp³-hybridized carbons (Fsp3) is 0.500. The average Bonchev–Trinajstić information content (AvgIpc) is 3.15. The highest BCUT2D eigenvalue weighted by Gasteiger charge is 2.23. The van der Waals surface area contributed by atoms with Gasteiger partial charge in [-0.3, -0.25) is 9.69 Å². The summed E-state index contributed by atoms with van der Waals surface area (Å²) in [7, 11) is 1.84. The second-order valence-corrected chi connectivity index (χ2v) is 4.86. The summed E-state index contributed by atoms with van der Waals surface area (Å²) in [5.41, 5.74) is 0. The number of hydrogen-bond acceptors (Lipinski definition) is 3. The van der Waals surface area contributed by atoms with E-state index in [0.29, 0.717) is 25.7 Å². The summed E-state index contributed by atoms with van der Waals surface area (Å²) < 4.78 is 18.6. The molecule has 0 bridgehead atoms. The van der Waals surface area contributed by atoms with Crippen LogP contribution in [0, 0.1) is 5.82 Å². The Balaban J connectivity index is 1.64.